The van der Waals surface area contributed by atoms with Gasteiger partial charge in [0.25, 0.3) is 0 Å². The highest BCUT2D eigenvalue weighted by atomic mass is 127. The van der Waals surface area contributed by atoms with Crippen LogP contribution in [0.15, 0.2) is 48.5 Å². The summed E-state index contributed by atoms with van der Waals surface area (Å²) in [6.07, 6.45) is -1.91. The van der Waals surface area contributed by atoms with Crippen LogP contribution in [0.1, 0.15) is 30.0 Å². The van der Waals surface area contributed by atoms with Gasteiger partial charge >= 0.3 is 6.18 Å². The summed E-state index contributed by atoms with van der Waals surface area (Å²) in [7, 11) is -2.82. The molecule has 4 nitrogen and oxygen atoms in total. The van der Waals surface area contributed by atoms with Crippen LogP contribution in [-0.2, 0) is 17.1 Å². The minimum absolute atomic E-state index is 0.355. The summed E-state index contributed by atoms with van der Waals surface area (Å²) >= 11 is 2.13. The summed E-state index contributed by atoms with van der Waals surface area (Å²) in [6.45, 7) is 1.93. The molecule has 0 fully saturated rings. The van der Waals surface area contributed by atoms with Crippen molar-refractivity contribution in [2.24, 2.45) is 0 Å². The molecule has 0 aliphatic carbocycles. The molecule has 2 aromatic rings. The average molecular weight is 509 g/mol. The largest absolute Gasteiger partial charge is 0.472 e. The lowest BCUT2D eigenvalue weighted by Crippen LogP contribution is -2.28. The summed E-state index contributed by atoms with van der Waals surface area (Å²) in [6, 6.07) is 9.78. The smallest absolute Gasteiger partial charge is 0.416 e. The fourth-order valence-corrected chi connectivity index (χ4v) is 3.66. The molecule has 0 bridgehead atoms. The van der Waals surface area contributed by atoms with Crippen LogP contribution in [0.5, 0.6) is 5.75 Å². The predicted octanol–water partition coefficient (Wildman–Crippen LogP) is 5.01. The molecule has 144 valence electrons. The van der Waals surface area contributed by atoms with Crippen LogP contribution in [0.3, 0.4) is 0 Å². The average Bonchev–Trinajstić information content (AvgIpc) is 2.59. The van der Waals surface area contributed by atoms with Crippen molar-refractivity contribution in [3.63, 3.8) is 0 Å². The van der Waals surface area contributed by atoms with Crippen molar-refractivity contribution in [1.82, 2.24) is 0 Å². The SMILES string of the molecule is CCC1(I)C=C(c2ccc(C(F)(F)F)cc2)c2ccc(N[SH](=O)=O)cc2O1. The third-order valence-corrected chi connectivity index (χ3v) is 5.87. The Balaban J connectivity index is 2.08. The second kappa shape index (κ2) is 7.34. The Morgan fingerprint density at radius 1 is 1.15 bits per heavy atom. The number of rotatable bonds is 4. The first-order valence-corrected chi connectivity index (χ1v) is 10.2. The van der Waals surface area contributed by atoms with E-state index in [0.717, 1.165) is 17.7 Å². The van der Waals surface area contributed by atoms with Crippen LogP contribution in [0.4, 0.5) is 18.9 Å². The molecule has 2 aromatic carbocycles. The standard InChI is InChI=1S/C18H15F3INO3S/c1-2-17(22)10-15(11-3-5-12(6-4-11)18(19,20)21)14-8-7-13(23-27(24)25)9-16(14)26-17/h3-10,27H,2H2,1H3,(H,23,24,25). The molecule has 1 unspecified atom stereocenters. The van der Waals surface area contributed by atoms with Gasteiger partial charge in [-0.25, -0.2) is 8.42 Å². The van der Waals surface area contributed by atoms with Crippen molar-refractivity contribution < 1.29 is 26.3 Å². The van der Waals surface area contributed by atoms with Gasteiger partial charge in [0, 0.05) is 11.6 Å². The zero-order valence-corrected chi connectivity index (χ0v) is 17.1. The molecule has 0 radical (unpaired) electrons. The number of fused-ring (bicyclic) bond motifs is 1. The number of anilines is 1. The van der Waals surface area contributed by atoms with Gasteiger partial charge in [-0.1, -0.05) is 19.1 Å². The molecular weight excluding hydrogens is 494 g/mol. The molecule has 0 spiro atoms. The van der Waals surface area contributed by atoms with Crippen LogP contribution in [0.25, 0.3) is 5.57 Å². The van der Waals surface area contributed by atoms with Gasteiger partial charge in [0.05, 0.1) is 11.3 Å². The molecule has 3 rings (SSSR count). The van der Waals surface area contributed by atoms with Crippen molar-refractivity contribution >= 4 is 44.7 Å². The molecule has 1 heterocycles. The number of thiol groups is 1. The Morgan fingerprint density at radius 2 is 1.81 bits per heavy atom. The van der Waals surface area contributed by atoms with E-state index in [2.05, 4.69) is 27.3 Å². The predicted molar refractivity (Wildman–Crippen MR) is 107 cm³/mol. The maximum Gasteiger partial charge on any atom is 0.416 e. The number of alkyl halides is 4. The van der Waals surface area contributed by atoms with Gasteiger partial charge < -0.3 is 4.74 Å². The summed E-state index contributed by atoms with van der Waals surface area (Å²) in [5.74, 6) is 0.463. The molecule has 0 aromatic heterocycles. The van der Waals surface area contributed by atoms with Crippen molar-refractivity contribution in [3.8, 4) is 5.75 Å². The molecule has 9 heteroatoms. The summed E-state index contributed by atoms with van der Waals surface area (Å²) in [5.41, 5.74) is 1.68. The van der Waals surface area contributed by atoms with Crippen molar-refractivity contribution in [1.29, 1.82) is 0 Å². The van der Waals surface area contributed by atoms with E-state index in [0.29, 0.717) is 29.0 Å². The molecule has 27 heavy (non-hydrogen) atoms. The topological polar surface area (TPSA) is 55.4 Å². The highest BCUT2D eigenvalue weighted by molar-refractivity contribution is 14.1. The molecule has 0 saturated heterocycles. The zero-order chi connectivity index (χ0) is 19.8. The summed E-state index contributed by atoms with van der Waals surface area (Å²) < 4.78 is 67.9. The number of benzene rings is 2. The van der Waals surface area contributed by atoms with E-state index >= 15 is 0 Å². The fourth-order valence-electron chi connectivity index (χ4n) is 2.76. The number of hydrogen-bond donors (Lipinski definition) is 2. The van der Waals surface area contributed by atoms with Gasteiger partial charge in [-0.2, -0.15) is 13.2 Å². The van der Waals surface area contributed by atoms with E-state index in [-0.39, 0.29) is 0 Å². The first kappa shape index (κ1) is 20.0. The van der Waals surface area contributed by atoms with Crippen LogP contribution in [0, 0.1) is 0 Å². The Hall–Kier alpha value is -1.75. The van der Waals surface area contributed by atoms with Gasteiger partial charge in [0.2, 0.25) is 10.9 Å². The van der Waals surface area contributed by atoms with E-state index < -0.39 is 26.2 Å². The van der Waals surface area contributed by atoms with E-state index in [1.54, 1.807) is 18.2 Å². The van der Waals surface area contributed by atoms with Gasteiger partial charge in [-0.15, -0.1) is 0 Å². The minimum Gasteiger partial charge on any atom is -0.472 e. The lowest BCUT2D eigenvalue weighted by atomic mass is 9.92. The van der Waals surface area contributed by atoms with E-state index in [4.69, 9.17) is 4.74 Å². The normalized spacial score (nSPS) is 19.3. The second-order valence-electron chi connectivity index (χ2n) is 5.95. The molecule has 0 amide bonds. The zero-order valence-electron chi connectivity index (χ0n) is 14.0. The first-order chi connectivity index (χ1) is 12.6. The quantitative estimate of drug-likeness (QED) is 0.346. The minimum atomic E-state index is -4.40. The summed E-state index contributed by atoms with van der Waals surface area (Å²) in [5, 5.41) is 0. The fraction of sp³-hybridized carbons (Fsp3) is 0.222. The van der Waals surface area contributed by atoms with E-state index in [9.17, 15) is 21.6 Å². The highest BCUT2D eigenvalue weighted by Crippen LogP contribution is 2.44. The lowest BCUT2D eigenvalue weighted by molar-refractivity contribution is -0.137. The number of nitrogens with one attached hydrogen (secondary N) is 1. The van der Waals surface area contributed by atoms with Gasteiger partial charge in [-0.05, 0) is 70.5 Å². The van der Waals surface area contributed by atoms with Crippen LogP contribution in [0.2, 0.25) is 0 Å². The number of ether oxygens (including phenoxy) is 1. The highest BCUT2D eigenvalue weighted by Gasteiger charge is 2.33. The van der Waals surface area contributed by atoms with Crippen LogP contribution >= 0.6 is 22.6 Å². The maximum absolute atomic E-state index is 12.8. The third kappa shape index (κ3) is 4.40. The Kier molecular flexibility index (Phi) is 5.44. The monoisotopic (exact) mass is 509 g/mol. The second-order valence-corrected chi connectivity index (χ2v) is 8.52. The van der Waals surface area contributed by atoms with Crippen molar-refractivity contribution in [2.75, 3.05) is 4.72 Å². The maximum atomic E-state index is 12.8. The first-order valence-electron chi connectivity index (χ1n) is 7.95. The van der Waals surface area contributed by atoms with Gasteiger partial charge in [-0.3, -0.25) is 4.72 Å². The van der Waals surface area contributed by atoms with E-state index in [1.165, 1.54) is 12.1 Å². The van der Waals surface area contributed by atoms with Crippen LogP contribution in [-0.4, -0.2) is 12.0 Å². The van der Waals surface area contributed by atoms with E-state index in [1.807, 2.05) is 13.0 Å². The van der Waals surface area contributed by atoms with Crippen LogP contribution < -0.4 is 9.46 Å². The molecule has 0 saturated carbocycles. The molecule has 1 aliphatic heterocycles. The van der Waals surface area contributed by atoms with Crippen molar-refractivity contribution in [3.05, 3.63) is 65.2 Å². The number of hydrogen-bond acceptors (Lipinski definition) is 3. The Morgan fingerprint density at radius 3 is 2.37 bits per heavy atom. The lowest BCUT2D eigenvalue weighted by Gasteiger charge is -2.32. The number of halogens is 4. The molecule has 1 aliphatic rings. The summed E-state index contributed by atoms with van der Waals surface area (Å²) in [4.78, 5) is 0. The molecular formula is C18H15F3INO3S. The Bertz CT molecular complexity index is 963. The van der Waals surface area contributed by atoms with Crippen molar-refractivity contribution in [2.45, 2.75) is 23.1 Å². The molecule has 1 atom stereocenters. The Labute approximate surface area is 169 Å². The molecule has 1 N–H and O–H groups in total. The third-order valence-electron chi connectivity index (χ3n) is 4.14. The van der Waals surface area contributed by atoms with Gasteiger partial charge in [0.15, 0.2) is 3.61 Å². The van der Waals surface area contributed by atoms with Gasteiger partial charge in [0.1, 0.15) is 5.75 Å².